The summed E-state index contributed by atoms with van der Waals surface area (Å²) in [6.45, 7) is 4.66. The molecule has 2 unspecified atom stereocenters. The van der Waals surface area contributed by atoms with Gasteiger partial charge in [0.25, 0.3) is 0 Å². The van der Waals surface area contributed by atoms with Crippen LogP contribution in [0, 0.1) is 0 Å². The van der Waals surface area contributed by atoms with Gasteiger partial charge in [-0.1, -0.05) is 0 Å². The largest absolute Gasteiger partial charge is 0.327 e. The van der Waals surface area contributed by atoms with Crippen molar-refractivity contribution in [3.63, 3.8) is 0 Å². The lowest BCUT2D eigenvalue weighted by Crippen LogP contribution is -2.41. The maximum absolute atomic E-state index is 4.39. The molecule has 0 aromatic carbocycles. The zero-order chi connectivity index (χ0) is 11.9. The highest BCUT2D eigenvalue weighted by molar-refractivity contribution is 5.12. The van der Waals surface area contributed by atoms with Gasteiger partial charge in [0.05, 0.1) is 12.0 Å². The molecule has 0 radical (unpaired) electrons. The summed E-state index contributed by atoms with van der Waals surface area (Å²) in [4.78, 5) is 4.39. The van der Waals surface area contributed by atoms with E-state index in [4.69, 9.17) is 0 Å². The summed E-state index contributed by atoms with van der Waals surface area (Å²) in [5.41, 5.74) is 1.74. The molecule has 1 saturated carbocycles. The zero-order valence-corrected chi connectivity index (χ0v) is 10.9. The van der Waals surface area contributed by atoms with E-state index >= 15 is 0 Å². The van der Waals surface area contributed by atoms with Crippen LogP contribution in [0.5, 0.6) is 0 Å². The summed E-state index contributed by atoms with van der Waals surface area (Å²) in [6, 6.07) is 1.16. The van der Waals surface area contributed by atoms with Crippen molar-refractivity contribution < 1.29 is 0 Å². The minimum Gasteiger partial charge on any atom is -0.327 e. The Bertz CT molecular complexity index is 392. The summed E-state index contributed by atoms with van der Waals surface area (Å²) < 4.78 is 2.44. The SMILES string of the molecule is CC1CCCC(c2cncn2C2(C)CCC2)N1. The van der Waals surface area contributed by atoms with Crippen LogP contribution in [0.1, 0.15) is 64.1 Å². The standard InChI is InChI=1S/C14H23N3/c1-11-5-3-6-12(16-11)13-9-15-10-17(13)14(2)7-4-8-14/h9-12,16H,3-8H2,1-2H3. The van der Waals surface area contributed by atoms with Gasteiger partial charge >= 0.3 is 0 Å². The molecule has 2 fully saturated rings. The number of nitrogens with zero attached hydrogens (tertiary/aromatic N) is 2. The lowest BCUT2D eigenvalue weighted by atomic mass is 9.78. The molecule has 17 heavy (non-hydrogen) atoms. The normalized spacial score (nSPS) is 32.1. The molecule has 1 aliphatic heterocycles. The third-order valence-corrected chi connectivity index (χ3v) is 4.65. The zero-order valence-electron chi connectivity index (χ0n) is 10.9. The maximum atomic E-state index is 4.39. The van der Waals surface area contributed by atoms with E-state index in [2.05, 4.69) is 34.9 Å². The Kier molecular flexibility index (Phi) is 2.74. The van der Waals surface area contributed by atoms with Crippen LogP contribution < -0.4 is 5.32 Å². The molecule has 1 aromatic rings. The molecule has 2 aliphatic rings. The molecular formula is C14H23N3. The Balaban J connectivity index is 1.85. The third-order valence-electron chi connectivity index (χ3n) is 4.65. The number of rotatable bonds is 2. The summed E-state index contributed by atoms with van der Waals surface area (Å²) in [6.07, 6.45) is 12.0. The van der Waals surface area contributed by atoms with Gasteiger partial charge in [0.15, 0.2) is 0 Å². The number of aromatic nitrogens is 2. The van der Waals surface area contributed by atoms with Gasteiger partial charge in [-0.3, -0.25) is 0 Å². The third kappa shape index (κ3) is 1.90. The van der Waals surface area contributed by atoms with Crippen molar-refractivity contribution >= 4 is 0 Å². The Labute approximate surface area is 104 Å². The van der Waals surface area contributed by atoms with Crippen molar-refractivity contribution in [3.05, 3.63) is 18.2 Å². The van der Waals surface area contributed by atoms with Crippen LogP contribution in [-0.2, 0) is 5.54 Å². The Morgan fingerprint density at radius 1 is 1.35 bits per heavy atom. The Morgan fingerprint density at radius 3 is 2.82 bits per heavy atom. The monoisotopic (exact) mass is 233 g/mol. The number of hydrogen-bond donors (Lipinski definition) is 1. The van der Waals surface area contributed by atoms with Gasteiger partial charge < -0.3 is 9.88 Å². The fourth-order valence-electron chi connectivity index (χ4n) is 3.32. The first kappa shape index (κ1) is 11.3. The quantitative estimate of drug-likeness (QED) is 0.851. The first-order valence-electron chi connectivity index (χ1n) is 6.98. The highest BCUT2D eigenvalue weighted by Crippen LogP contribution is 2.41. The van der Waals surface area contributed by atoms with Gasteiger partial charge in [0, 0.05) is 23.8 Å². The van der Waals surface area contributed by atoms with Crippen LogP contribution in [0.2, 0.25) is 0 Å². The molecule has 3 heteroatoms. The molecule has 3 rings (SSSR count). The van der Waals surface area contributed by atoms with Crippen molar-refractivity contribution in [2.75, 3.05) is 0 Å². The van der Waals surface area contributed by atoms with Crippen LogP contribution >= 0.6 is 0 Å². The molecule has 1 saturated heterocycles. The highest BCUT2D eigenvalue weighted by Gasteiger charge is 2.36. The second-order valence-electron chi connectivity index (χ2n) is 6.09. The molecule has 1 N–H and O–H groups in total. The topological polar surface area (TPSA) is 29.9 Å². The van der Waals surface area contributed by atoms with Gasteiger partial charge in [-0.2, -0.15) is 0 Å². The molecule has 2 heterocycles. The molecule has 2 atom stereocenters. The molecule has 3 nitrogen and oxygen atoms in total. The Morgan fingerprint density at radius 2 is 2.18 bits per heavy atom. The number of piperidine rings is 1. The van der Waals surface area contributed by atoms with Crippen LogP contribution in [0.4, 0.5) is 0 Å². The molecular weight excluding hydrogens is 210 g/mol. The Hall–Kier alpha value is -0.830. The predicted molar refractivity (Wildman–Crippen MR) is 68.9 cm³/mol. The second-order valence-corrected chi connectivity index (χ2v) is 6.09. The number of nitrogens with one attached hydrogen (secondary N) is 1. The molecule has 0 spiro atoms. The lowest BCUT2D eigenvalue weighted by Gasteiger charge is -2.42. The number of hydrogen-bond acceptors (Lipinski definition) is 2. The molecule has 1 aliphatic carbocycles. The first-order valence-corrected chi connectivity index (χ1v) is 6.98. The summed E-state index contributed by atoms with van der Waals surface area (Å²) in [7, 11) is 0. The van der Waals surface area contributed by atoms with Crippen LogP contribution in [0.15, 0.2) is 12.5 Å². The minimum absolute atomic E-state index is 0.341. The van der Waals surface area contributed by atoms with Crippen LogP contribution in [0.3, 0.4) is 0 Å². The maximum Gasteiger partial charge on any atom is 0.0953 e. The molecule has 0 amide bonds. The van der Waals surface area contributed by atoms with E-state index in [1.54, 1.807) is 0 Å². The van der Waals surface area contributed by atoms with E-state index < -0.39 is 0 Å². The summed E-state index contributed by atoms with van der Waals surface area (Å²) in [5.74, 6) is 0. The first-order chi connectivity index (χ1) is 8.19. The van der Waals surface area contributed by atoms with E-state index in [-0.39, 0.29) is 0 Å². The van der Waals surface area contributed by atoms with Crippen molar-refractivity contribution in [1.29, 1.82) is 0 Å². The summed E-state index contributed by atoms with van der Waals surface area (Å²) >= 11 is 0. The van der Waals surface area contributed by atoms with Gasteiger partial charge in [-0.25, -0.2) is 4.98 Å². The van der Waals surface area contributed by atoms with Crippen molar-refractivity contribution in [2.45, 2.75) is 70.0 Å². The smallest absolute Gasteiger partial charge is 0.0953 e. The second kappa shape index (κ2) is 4.13. The molecule has 94 valence electrons. The minimum atomic E-state index is 0.341. The summed E-state index contributed by atoms with van der Waals surface area (Å²) in [5, 5.41) is 3.72. The molecule has 1 aromatic heterocycles. The van der Waals surface area contributed by atoms with Crippen LogP contribution in [-0.4, -0.2) is 15.6 Å². The van der Waals surface area contributed by atoms with Gasteiger partial charge in [-0.15, -0.1) is 0 Å². The van der Waals surface area contributed by atoms with Crippen molar-refractivity contribution in [1.82, 2.24) is 14.9 Å². The molecule has 0 bridgehead atoms. The van der Waals surface area contributed by atoms with Crippen molar-refractivity contribution in [3.8, 4) is 0 Å². The van der Waals surface area contributed by atoms with E-state index in [0.29, 0.717) is 17.6 Å². The fraction of sp³-hybridized carbons (Fsp3) is 0.786. The fourth-order valence-corrected chi connectivity index (χ4v) is 3.32. The predicted octanol–water partition coefficient (Wildman–Crippen LogP) is 2.99. The van der Waals surface area contributed by atoms with E-state index in [1.807, 2.05) is 6.33 Å². The van der Waals surface area contributed by atoms with E-state index in [0.717, 1.165) is 0 Å². The van der Waals surface area contributed by atoms with Gasteiger partial charge in [0.2, 0.25) is 0 Å². The lowest BCUT2D eigenvalue weighted by molar-refractivity contribution is 0.157. The highest BCUT2D eigenvalue weighted by atomic mass is 15.2. The van der Waals surface area contributed by atoms with E-state index in [1.165, 1.54) is 44.2 Å². The van der Waals surface area contributed by atoms with Gasteiger partial charge in [-0.05, 0) is 52.4 Å². The van der Waals surface area contributed by atoms with E-state index in [9.17, 15) is 0 Å². The average molecular weight is 233 g/mol. The number of imidazole rings is 1. The van der Waals surface area contributed by atoms with Gasteiger partial charge in [0.1, 0.15) is 0 Å². The van der Waals surface area contributed by atoms with Crippen LogP contribution in [0.25, 0.3) is 0 Å². The van der Waals surface area contributed by atoms with Crippen molar-refractivity contribution in [2.24, 2.45) is 0 Å². The average Bonchev–Trinajstić information content (AvgIpc) is 2.75.